The summed E-state index contributed by atoms with van der Waals surface area (Å²) in [5, 5.41) is 9.46. The molecule has 1 aliphatic rings. The number of ether oxygens (including phenoxy) is 3. The van der Waals surface area contributed by atoms with Crippen LogP contribution in [0, 0.1) is 0 Å². The molecule has 1 aromatic carbocycles. The maximum Gasteiger partial charge on any atom is 0.306 e. The number of aryl methyl sites for hydroxylation is 1. The van der Waals surface area contributed by atoms with Crippen molar-refractivity contribution in [3.05, 3.63) is 23.8 Å². The predicted octanol–water partition coefficient (Wildman–Crippen LogP) is 1.67. The lowest BCUT2D eigenvalue weighted by molar-refractivity contribution is -0.154. The molecular weight excluding hydrogens is 248 g/mol. The van der Waals surface area contributed by atoms with Gasteiger partial charge in [-0.15, -0.1) is 0 Å². The van der Waals surface area contributed by atoms with Gasteiger partial charge in [-0.25, -0.2) is 0 Å². The van der Waals surface area contributed by atoms with E-state index >= 15 is 0 Å². The Balaban J connectivity index is 1.75. The molecule has 104 valence electrons. The van der Waals surface area contributed by atoms with Gasteiger partial charge < -0.3 is 19.3 Å². The predicted molar refractivity (Wildman–Crippen MR) is 68.3 cm³/mol. The first kappa shape index (κ1) is 13.7. The van der Waals surface area contributed by atoms with Gasteiger partial charge in [-0.3, -0.25) is 4.79 Å². The van der Waals surface area contributed by atoms with Crippen LogP contribution in [0.3, 0.4) is 0 Å². The first-order chi connectivity index (χ1) is 9.19. The highest BCUT2D eigenvalue weighted by atomic mass is 16.6. The minimum atomic E-state index is -0.234. The third-order valence-corrected chi connectivity index (χ3v) is 3.09. The van der Waals surface area contributed by atoms with Crippen LogP contribution in [0.25, 0.3) is 0 Å². The van der Waals surface area contributed by atoms with E-state index in [9.17, 15) is 9.90 Å². The Morgan fingerprint density at radius 1 is 1.53 bits per heavy atom. The van der Waals surface area contributed by atoms with Crippen molar-refractivity contribution in [3.63, 3.8) is 0 Å². The fourth-order valence-electron chi connectivity index (χ4n) is 1.80. The zero-order valence-corrected chi connectivity index (χ0v) is 10.9. The zero-order chi connectivity index (χ0) is 13.7. The highest BCUT2D eigenvalue weighted by molar-refractivity contribution is 5.69. The number of phenolic OH excluding ortho intramolecular Hbond substituents is 1. The lowest BCUT2D eigenvalue weighted by Crippen LogP contribution is -2.32. The summed E-state index contributed by atoms with van der Waals surface area (Å²) in [7, 11) is 1.49. The molecule has 19 heavy (non-hydrogen) atoms. The van der Waals surface area contributed by atoms with Gasteiger partial charge in [0, 0.05) is 19.4 Å². The Kier molecular flexibility index (Phi) is 4.63. The minimum Gasteiger partial charge on any atom is -0.504 e. The highest BCUT2D eigenvalue weighted by Gasteiger charge is 2.19. The number of esters is 1. The number of phenols is 1. The van der Waals surface area contributed by atoms with Crippen LogP contribution in [-0.4, -0.2) is 37.5 Å². The Morgan fingerprint density at radius 3 is 2.95 bits per heavy atom. The van der Waals surface area contributed by atoms with Gasteiger partial charge in [-0.05, 0) is 24.1 Å². The summed E-state index contributed by atoms with van der Waals surface area (Å²) in [5.41, 5.74) is 0.923. The van der Waals surface area contributed by atoms with Gasteiger partial charge in [0.2, 0.25) is 0 Å². The van der Waals surface area contributed by atoms with Crippen LogP contribution in [-0.2, 0) is 20.7 Å². The van der Waals surface area contributed by atoms with Gasteiger partial charge in [0.05, 0.1) is 13.2 Å². The topological polar surface area (TPSA) is 65.0 Å². The molecule has 5 nitrogen and oxygen atoms in total. The third-order valence-electron chi connectivity index (χ3n) is 3.09. The molecule has 0 saturated carbocycles. The van der Waals surface area contributed by atoms with Crippen molar-refractivity contribution in [1.29, 1.82) is 0 Å². The molecule has 1 N–H and O–H groups in total. The van der Waals surface area contributed by atoms with Crippen LogP contribution in [0.1, 0.15) is 18.4 Å². The van der Waals surface area contributed by atoms with E-state index in [2.05, 4.69) is 0 Å². The Bertz CT molecular complexity index is 439. The van der Waals surface area contributed by atoms with Crippen LogP contribution in [0.2, 0.25) is 0 Å². The van der Waals surface area contributed by atoms with Gasteiger partial charge in [0.15, 0.2) is 11.5 Å². The van der Waals surface area contributed by atoms with Crippen molar-refractivity contribution in [2.24, 2.45) is 0 Å². The number of benzene rings is 1. The molecule has 5 heteroatoms. The normalized spacial score (nSPS) is 17.6. The smallest absolute Gasteiger partial charge is 0.306 e. The average molecular weight is 266 g/mol. The van der Waals surface area contributed by atoms with Crippen molar-refractivity contribution in [3.8, 4) is 11.5 Å². The van der Waals surface area contributed by atoms with E-state index in [0.717, 1.165) is 18.6 Å². The number of aromatic hydroxyl groups is 1. The summed E-state index contributed by atoms with van der Waals surface area (Å²) in [5.74, 6) is 0.271. The number of methoxy groups -OCH3 is 1. The van der Waals surface area contributed by atoms with Crippen molar-refractivity contribution < 1.29 is 24.1 Å². The van der Waals surface area contributed by atoms with Crippen LogP contribution in [0.5, 0.6) is 11.5 Å². The molecule has 0 aromatic heterocycles. The maximum atomic E-state index is 11.5. The van der Waals surface area contributed by atoms with Crippen LogP contribution in [0.4, 0.5) is 0 Å². The summed E-state index contributed by atoms with van der Waals surface area (Å²) >= 11 is 0. The molecule has 1 atom stereocenters. The molecule has 0 bridgehead atoms. The monoisotopic (exact) mass is 266 g/mol. The fraction of sp³-hybridized carbons (Fsp3) is 0.500. The largest absolute Gasteiger partial charge is 0.504 e. The standard InChI is InChI=1S/C14H18O5/c1-17-13-8-10(2-4-12(13)15)3-5-14(16)19-9-11-6-7-18-11/h2,4,8,11,15H,3,5-7,9H2,1H3/t11-/m1/s1. The fourth-order valence-corrected chi connectivity index (χ4v) is 1.80. The van der Waals surface area contributed by atoms with E-state index in [-0.39, 0.29) is 17.8 Å². The summed E-state index contributed by atoms with van der Waals surface area (Å²) < 4.78 is 15.3. The highest BCUT2D eigenvalue weighted by Crippen LogP contribution is 2.26. The molecule has 1 saturated heterocycles. The molecular formula is C14H18O5. The number of rotatable bonds is 6. The van der Waals surface area contributed by atoms with Crippen molar-refractivity contribution >= 4 is 5.97 Å². The van der Waals surface area contributed by atoms with Gasteiger partial charge in [-0.1, -0.05) is 6.07 Å². The van der Waals surface area contributed by atoms with Crippen LogP contribution in [0.15, 0.2) is 18.2 Å². The SMILES string of the molecule is COc1cc(CCC(=O)OC[C@H]2CCO2)ccc1O. The van der Waals surface area contributed by atoms with Gasteiger partial charge in [0.1, 0.15) is 6.61 Å². The minimum absolute atomic E-state index is 0.0812. The van der Waals surface area contributed by atoms with E-state index < -0.39 is 0 Å². The van der Waals surface area contributed by atoms with E-state index in [1.165, 1.54) is 7.11 Å². The van der Waals surface area contributed by atoms with Gasteiger partial charge in [-0.2, -0.15) is 0 Å². The van der Waals surface area contributed by atoms with Gasteiger partial charge >= 0.3 is 5.97 Å². The molecule has 1 aromatic rings. The number of hydrogen-bond donors (Lipinski definition) is 1. The quantitative estimate of drug-likeness (QED) is 0.793. The molecule has 1 aliphatic heterocycles. The molecule has 0 spiro atoms. The van der Waals surface area contributed by atoms with Crippen molar-refractivity contribution in [2.45, 2.75) is 25.4 Å². The van der Waals surface area contributed by atoms with E-state index in [1.807, 2.05) is 0 Å². The summed E-state index contributed by atoms with van der Waals surface area (Å²) in [6.07, 6.45) is 1.90. The van der Waals surface area contributed by atoms with Crippen molar-refractivity contribution in [1.82, 2.24) is 0 Å². The van der Waals surface area contributed by atoms with Gasteiger partial charge in [0.25, 0.3) is 0 Å². The molecule has 0 radical (unpaired) electrons. The molecule has 2 rings (SSSR count). The molecule has 0 unspecified atom stereocenters. The third kappa shape index (κ3) is 3.86. The second-order valence-electron chi connectivity index (χ2n) is 4.47. The molecule has 1 heterocycles. The summed E-state index contributed by atoms with van der Waals surface area (Å²) in [6.45, 7) is 1.10. The second-order valence-corrected chi connectivity index (χ2v) is 4.47. The summed E-state index contributed by atoms with van der Waals surface area (Å²) in [6, 6.07) is 5.04. The second kappa shape index (κ2) is 6.43. The number of hydrogen-bond acceptors (Lipinski definition) is 5. The van der Waals surface area contributed by atoms with E-state index in [0.29, 0.717) is 25.2 Å². The Morgan fingerprint density at radius 2 is 2.32 bits per heavy atom. The first-order valence-corrected chi connectivity index (χ1v) is 6.32. The molecule has 0 aliphatic carbocycles. The maximum absolute atomic E-state index is 11.5. The summed E-state index contributed by atoms with van der Waals surface area (Å²) in [4.78, 5) is 11.5. The molecule has 1 fully saturated rings. The average Bonchev–Trinajstić information content (AvgIpc) is 2.36. The van der Waals surface area contributed by atoms with E-state index in [4.69, 9.17) is 14.2 Å². The molecule has 0 amide bonds. The number of carbonyl (C=O) groups excluding carboxylic acids is 1. The lowest BCUT2D eigenvalue weighted by atomic mass is 10.1. The number of carbonyl (C=O) groups is 1. The Hall–Kier alpha value is -1.75. The zero-order valence-electron chi connectivity index (χ0n) is 10.9. The van der Waals surface area contributed by atoms with Crippen molar-refractivity contribution in [2.75, 3.05) is 20.3 Å². The van der Waals surface area contributed by atoms with Crippen LogP contribution >= 0.6 is 0 Å². The first-order valence-electron chi connectivity index (χ1n) is 6.32. The Labute approximate surface area is 112 Å². The van der Waals surface area contributed by atoms with E-state index in [1.54, 1.807) is 18.2 Å². The van der Waals surface area contributed by atoms with Crippen LogP contribution < -0.4 is 4.74 Å². The lowest BCUT2D eigenvalue weighted by Gasteiger charge is -2.25.